The summed E-state index contributed by atoms with van der Waals surface area (Å²) in [5.74, 6) is 0. The van der Waals surface area contributed by atoms with Crippen molar-refractivity contribution >= 4 is 33.9 Å². The van der Waals surface area contributed by atoms with E-state index in [-0.39, 0.29) is 5.56 Å². The summed E-state index contributed by atoms with van der Waals surface area (Å²) < 4.78 is 0. The Morgan fingerprint density at radius 3 is 2.62 bits per heavy atom. The first kappa shape index (κ1) is 21.0. The molecule has 1 heterocycles. The quantitative estimate of drug-likeness (QED) is 0.548. The highest BCUT2D eigenvalue weighted by atomic mass is 32.1. The van der Waals surface area contributed by atoms with Crippen LogP contribution in [0.2, 0.25) is 0 Å². The minimum absolute atomic E-state index is 0.0626. The molecule has 5 nitrogen and oxygen atoms in total. The van der Waals surface area contributed by atoms with Crippen molar-refractivity contribution in [2.45, 2.75) is 20.4 Å². The standard InChI is InChI=1S/C23H28N4OS/c1-16-7-5-10-20(13-16)24-23(29)27(12-11-26(3)4)15-19-14-18-9-6-8-17(2)21(18)25-22(19)28/h5-10,13-14H,11-12,15H2,1-4H3,(H,24,29)(H,25,28)/p+1. The van der Waals surface area contributed by atoms with Gasteiger partial charge in [-0.25, -0.2) is 0 Å². The molecule has 1 aromatic heterocycles. The third kappa shape index (κ3) is 5.43. The van der Waals surface area contributed by atoms with Gasteiger partial charge in [0.25, 0.3) is 5.56 Å². The number of quaternary nitrogens is 1. The summed E-state index contributed by atoms with van der Waals surface area (Å²) in [5, 5.41) is 4.99. The first-order valence-electron chi connectivity index (χ1n) is 9.86. The summed E-state index contributed by atoms with van der Waals surface area (Å²) in [5.41, 5.74) is 4.74. The Labute approximate surface area is 177 Å². The van der Waals surface area contributed by atoms with Gasteiger partial charge in [-0.05, 0) is 60.8 Å². The first-order chi connectivity index (χ1) is 13.8. The number of pyridine rings is 1. The van der Waals surface area contributed by atoms with Crippen LogP contribution in [0, 0.1) is 13.8 Å². The molecule has 3 N–H and O–H groups in total. The Balaban J connectivity index is 1.87. The van der Waals surface area contributed by atoms with E-state index in [1.54, 1.807) is 0 Å². The maximum absolute atomic E-state index is 12.7. The number of rotatable bonds is 6. The number of aromatic nitrogens is 1. The molecule has 0 radical (unpaired) electrons. The van der Waals surface area contributed by atoms with Crippen LogP contribution in [0.1, 0.15) is 16.7 Å². The summed E-state index contributed by atoms with van der Waals surface area (Å²) >= 11 is 5.71. The number of para-hydroxylation sites is 1. The van der Waals surface area contributed by atoms with Gasteiger partial charge in [-0.15, -0.1) is 0 Å². The molecule has 0 saturated heterocycles. The molecule has 0 saturated carbocycles. The molecule has 0 unspecified atom stereocenters. The Hall–Kier alpha value is -2.70. The minimum Gasteiger partial charge on any atom is -0.339 e. The zero-order valence-electron chi connectivity index (χ0n) is 17.5. The number of fused-ring (bicyclic) bond motifs is 1. The number of hydrogen-bond donors (Lipinski definition) is 3. The fraction of sp³-hybridized carbons (Fsp3) is 0.304. The Morgan fingerprint density at radius 2 is 1.90 bits per heavy atom. The van der Waals surface area contributed by atoms with E-state index in [0.717, 1.165) is 35.2 Å². The predicted octanol–water partition coefficient (Wildman–Crippen LogP) is 2.49. The molecule has 6 heteroatoms. The van der Waals surface area contributed by atoms with Crippen molar-refractivity contribution in [1.29, 1.82) is 0 Å². The molecule has 0 spiro atoms. The maximum atomic E-state index is 12.7. The number of nitrogens with zero attached hydrogens (tertiary/aromatic N) is 1. The Morgan fingerprint density at radius 1 is 1.14 bits per heavy atom. The van der Waals surface area contributed by atoms with Gasteiger partial charge in [-0.2, -0.15) is 0 Å². The van der Waals surface area contributed by atoms with Gasteiger partial charge < -0.3 is 20.1 Å². The minimum atomic E-state index is -0.0626. The lowest BCUT2D eigenvalue weighted by Gasteiger charge is -2.26. The van der Waals surface area contributed by atoms with E-state index >= 15 is 0 Å². The van der Waals surface area contributed by atoms with E-state index in [2.05, 4.69) is 48.4 Å². The second kappa shape index (κ2) is 9.20. The van der Waals surface area contributed by atoms with Gasteiger partial charge in [0.1, 0.15) is 0 Å². The molecular formula is C23H29N4OS+. The molecule has 0 aliphatic carbocycles. The third-order valence-corrected chi connectivity index (χ3v) is 5.32. The van der Waals surface area contributed by atoms with Crippen molar-refractivity contribution in [1.82, 2.24) is 9.88 Å². The van der Waals surface area contributed by atoms with Crippen molar-refractivity contribution in [3.63, 3.8) is 0 Å². The summed E-state index contributed by atoms with van der Waals surface area (Å²) in [4.78, 5) is 19.2. The molecular weight excluding hydrogens is 380 g/mol. The monoisotopic (exact) mass is 409 g/mol. The summed E-state index contributed by atoms with van der Waals surface area (Å²) in [6.45, 7) is 6.19. The SMILES string of the molecule is Cc1cccc(NC(=S)N(CC[NH+](C)C)Cc2cc3cccc(C)c3[nH]c2=O)c1. The van der Waals surface area contributed by atoms with Gasteiger partial charge >= 0.3 is 0 Å². The van der Waals surface area contributed by atoms with Crippen LogP contribution in [0.25, 0.3) is 10.9 Å². The largest absolute Gasteiger partial charge is 0.339 e. The number of hydrogen-bond acceptors (Lipinski definition) is 2. The molecule has 0 atom stereocenters. The normalized spacial score (nSPS) is 11.1. The molecule has 3 rings (SSSR count). The highest BCUT2D eigenvalue weighted by Crippen LogP contribution is 2.16. The zero-order valence-corrected chi connectivity index (χ0v) is 18.3. The fourth-order valence-corrected chi connectivity index (χ4v) is 3.56. The van der Waals surface area contributed by atoms with Gasteiger partial charge in [0, 0.05) is 11.3 Å². The van der Waals surface area contributed by atoms with Crippen LogP contribution < -0.4 is 15.8 Å². The average Bonchev–Trinajstić information content (AvgIpc) is 2.66. The van der Waals surface area contributed by atoms with Crippen molar-refractivity contribution in [2.75, 3.05) is 32.5 Å². The molecule has 0 bridgehead atoms. The van der Waals surface area contributed by atoms with Crippen LogP contribution in [0.15, 0.2) is 53.3 Å². The maximum Gasteiger partial charge on any atom is 0.253 e. The number of thiocarbonyl (C=S) groups is 1. The lowest BCUT2D eigenvalue weighted by atomic mass is 10.1. The molecule has 0 aliphatic rings. The van der Waals surface area contributed by atoms with Crippen LogP contribution >= 0.6 is 12.2 Å². The molecule has 0 aliphatic heterocycles. The molecule has 3 aromatic rings. The van der Waals surface area contributed by atoms with Gasteiger partial charge in [0.2, 0.25) is 0 Å². The fourth-order valence-electron chi connectivity index (χ4n) is 3.29. The van der Waals surface area contributed by atoms with Gasteiger partial charge in [-0.3, -0.25) is 4.79 Å². The van der Waals surface area contributed by atoms with E-state index in [0.29, 0.717) is 17.2 Å². The third-order valence-electron chi connectivity index (χ3n) is 4.96. The summed E-state index contributed by atoms with van der Waals surface area (Å²) in [6.07, 6.45) is 0. The van der Waals surface area contributed by atoms with Crippen molar-refractivity contribution in [3.05, 3.63) is 75.6 Å². The highest BCUT2D eigenvalue weighted by molar-refractivity contribution is 7.80. The zero-order chi connectivity index (χ0) is 21.0. The van der Waals surface area contributed by atoms with Crippen molar-refractivity contribution in [3.8, 4) is 0 Å². The van der Waals surface area contributed by atoms with E-state index in [1.807, 2.05) is 43.3 Å². The predicted molar refractivity (Wildman–Crippen MR) is 125 cm³/mol. The van der Waals surface area contributed by atoms with Crippen molar-refractivity contribution in [2.24, 2.45) is 0 Å². The van der Waals surface area contributed by atoms with E-state index in [9.17, 15) is 4.79 Å². The number of nitrogens with one attached hydrogen (secondary N) is 3. The summed E-state index contributed by atoms with van der Waals surface area (Å²) in [6, 6.07) is 16.1. The van der Waals surface area contributed by atoms with Crippen molar-refractivity contribution < 1.29 is 4.90 Å². The number of anilines is 1. The first-order valence-corrected chi connectivity index (χ1v) is 10.3. The smallest absolute Gasteiger partial charge is 0.253 e. The van der Waals surface area contributed by atoms with Crippen LogP contribution in [-0.4, -0.2) is 42.2 Å². The van der Waals surface area contributed by atoms with Crippen LogP contribution in [0.5, 0.6) is 0 Å². The number of aromatic amines is 1. The number of benzene rings is 2. The number of likely N-dealkylation sites (N-methyl/N-ethyl adjacent to an activating group) is 1. The Kier molecular flexibility index (Phi) is 6.67. The molecule has 0 fully saturated rings. The Bertz CT molecular complexity index is 1070. The van der Waals surface area contributed by atoms with Gasteiger partial charge in [-0.1, -0.05) is 30.3 Å². The molecule has 0 amide bonds. The van der Waals surface area contributed by atoms with Gasteiger partial charge in [0.05, 0.1) is 39.2 Å². The summed E-state index contributed by atoms with van der Waals surface area (Å²) in [7, 11) is 4.22. The lowest BCUT2D eigenvalue weighted by molar-refractivity contribution is -0.857. The highest BCUT2D eigenvalue weighted by Gasteiger charge is 2.15. The van der Waals surface area contributed by atoms with Gasteiger partial charge in [0.15, 0.2) is 5.11 Å². The number of aryl methyl sites for hydroxylation is 2. The van der Waals surface area contributed by atoms with Crippen LogP contribution in [0.4, 0.5) is 5.69 Å². The average molecular weight is 410 g/mol. The van der Waals surface area contributed by atoms with E-state index in [4.69, 9.17) is 12.2 Å². The molecule has 152 valence electrons. The van der Waals surface area contributed by atoms with Crippen LogP contribution in [-0.2, 0) is 6.54 Å². The lowest BCUT2D eigenvalue weighted by Crippen LogP contribution is -3.06. The second-order valence-corrected chi connectivity index (χ2v) is 8.23. The number of H-pyrrole nitrogens is 1. The second-order valence-electron chi connectivity index (χ2n) is 7.84. The molecule has 29 heavy (non-hydrogen) atoms. The van der Waals surface area contributed by atoms with Crippen LogP contribution in [0.3, 0.4) is 0 Å². The van der Waals surface area contributed by atoms with E-state index in [1.165, 1.54) is 10.5 Å². The molecule has 2 aromatic carbocycles. The van der Waals surface area contributed by atoms with E-state index < -0.39 is 0 Å². The topological polar surface area (TPSA) is 52.6 Å².